The highest BCUT2D eigenvalue weighted by atomic mass is 16.6. The van der Waals surface area contributed by atoms with Gasteiger partial charge < -0.3 is 15.0 Å². The first-order valence-corrected chi connectivity index (χ1v) is 8.86. The summed E-state index contributed by atoms with van der Waals surface area (Å²) in [7, 11) is 0. The molecule has 0 spiro atoms. The van der Waals surface area contributed by atoms with Gasteiger partial charge in [-0.3, -0.25) is 4.68 Å². The van der Waals surface area contributed by atoms with Crippen molar-refractivity contribution in [1.29, 1.82) is 0 Å². The van der Waals surface area contributed by atoms with E-state index in [0.717, 1.165) is 13.0 Å². The highest BCUT2D eigenvalue weighted by Crippen LogP contribution is 2.22. The summed E-state index contributed by atoms with van der Waals surface area (Å²) in [5.41, 5.74) is 1.98. The first-order chi connectivity index (χ1) is 11.1. The smallest absolute Gasteiger partial charge is 0.410 e. The molecule has 1 aromatic heterocycles. The Balaban J connectivity index is 1.92. The molecule has 6 heteroatoms. The molecule has 0 unspecified atom stereocenters. The fourth-order valence-corrected chi connectivity index (χ4v) is 3.21. The van der Waals surface area contributed by atoms with Gasteiger partial charge >= 0.3 is 6.09 Å². The third-order valence-electron chi connectivity index (χ3n) is 4.36. The van der Waals surface area contributed by atoms with Crippen molar-refractivity contribution in [3.63, 3.8) is 0 Å². The van der Waals surface area contributed by atoms with Gasteiger partial charge in [0.15, 0.2) is 0 Å². The van der Waals surface area contributed by atoms with Crippen LogP contribution in [0.25, 0.3) is 0 Å². The van der Waals surface area contributed by atoms with Gasteiger partial charge in [-0.25, -0.2) is 4.79 Å². The SMILES string of the molecule is Cc1c([C@@H](C)N[C@H]2CCN(C(=O)OC(C)(C)C)C2)cnn1C(C)C. The molecule has 0 aromatic carbocycles. The average molecular weight is 336 g/mol. The van der Waals surface area contributed by atoms with E-state index >= 15 is 0 Å². The van der Waals surface area contributed by atoms with Crippen LogP contribution in [-0.2, 0) is 4.74 Å². The van der Waals surface area contributed by atoms with E-state index in [2.05, 4.69) is 42.8 Å². The Hall–Kier alpha value is -1.56. The second-order valence-corrected chi connectivity index (χ2v) is 8.02. The Kier molecular flexibility index (Phi) is 5.58. The fourth-order valence-electron chi connectivity index (χ4n) is 3.21. The molecule has 1 aliphatic heterocycles. The van der Waals surface area contributed by atoms with E-state index in [1.54, 1.807) is 4.90 Å². The van der Waals surface area contributed by atoms with Gasteiger partial charge in [-0.1, -0.05) is 0 Å². The number of likely N-dealkylation sites (tertiary alicyclic amines) is 1. The summed E-state index contributed by atoms with van der Waals surface area (Å²) in [5, 5.41) is 8.12. The number of aromatic nitrogens is 2. The van der Waals surface area contributed by atoms with Crippen LogP contribution < -0.4 is 5.32 Å². The maximum Gasteiger partial charge on any atom is 0.410 e. The first kappa shape index (κ1) is 18.8. The Labute approximate surface area is 145 Å². The molecular weight excluding hydrogens is 304 g/mol. The van der Waals surface area contributed by atoms with Crippen molar-refractivity contribution >= 4 is 6.09 Å². The lowest BCUT2D eigenvalue weighted by Crippen LogP contribution is -2.39. The number of carbonyl (C=O) groups is 1. The molecule has 1 saturated heterocycles. The van der Waals surface area contributed by atoms with Crippen LogP contribution in [0.15, 0.2) is 6.20 Å². The van der Waals surface area contributed by atoms with Crippen LogP contribution in [0, 0.1) is 6.92 Å². The van der Waals surface area contributed by atoms with Gasteiger partial charge in [0.05, 0.1) is 6.20 Å². The number of rotatable bonds is 4. The first-order valence-electron chi connectivity index (χ1n) is 8.86. The summed E-state index contributed by atoms with van der Waals surface area (Å²) in [6.45, 7) is 15.7. The van der Waals surface area contributed by atoms with Crippen LogP contribution >= 0.6 is 0 Å². The maximum absolute atomic E-state index is 12.2. The van der Waals surface area contributed by atoms with Crippen molar-refractivity contribution in [2.45, 2.75) is 78.6 Å². The van der Waals surface area contributed by atoms with E-state index in [9.17, 15) is 4.79 Å². The Morgan fingerprint density at radius 3 is 2.58 bits per heavy atom. The zero-order valence-corrected chi connectivity index (χ0v) is 16.1. The number of hydrogen-bond donors (Lipinski definition) is 1. The van der Waals surface area contributed by atoms with Gasteiger partial charge in [0, 0.05) is 42.5 Å². The minimum Gasteiger partial charge on any atom is -0.444 e. The highest BCUT2D eigenvalue weighted by molar-refractivity contribution is 5.68. The van der Waals surface area contributed by atoms with Crippen molar-refractivity contribution in [2.75, 3.05) is 13.1 Å². The lowest BCUT2D eigenvalue weighted by molar-refractivity contribution is 0.0290. The van der Waals surface area contributed by atoms with E-state index in [-0.39, 0.29) is 18.2 Å². The molecule has 1 fully saturated rings. The number of ether oxygens (including phenoxy) is 1. The lowest BCUT2D eigenvalue weighted by Gasteiger charge is -2.25. The number of amides is 1. The zero-order valence-electron chi connectivity index (χ0n) is 16.1. The zero-order chi connectivity index (χ0) is 18.1. The van der Waals surface area contributed by atoms with Crippen LogP contribution in [0.2, 0.25) is 0 Å². The van der Waals surface area contributed by atoms with Crippen molar-refractivity contribution in [3.8, 4) is 0 Å². The Morgan fingerprint density at radius 2 is 2.04 bits per heavy atom. The third-order valence-corrected chi connectivity index (χ3v) is 4.36. The largest absolute Gasteiger partial charge is 0.444 e. The van der Waals surface area contributed by atoms with E-state index in [1.165, 1.54) is 11.3 Å². The molecule has 1 aliphatic rings. The van der Waals surface area contributed by atoms with Gasteiger partial charge in [0.2, 0.25) is 0 Å². The quantitative estimate of drug-likeness (QED) is 0.915. The van der Waals surface area contributed by atoms with Gasteiger partial charge in [-0.15, -0.1) is 0 Å². The van der Waals surface area contributed by atoms with E-state index < -0.39 is 5.60 Å². The summed E-state index contributed by atoms with van der Waals surface area (Å²) < 4.78 is 7.51. The summed E-state index contributed by atoms with van der Waals surface area (Å²) in [6, 6.07) is 0.857. The number of carbonyl (C=O) groups excluding carboxylic acids is 1. The van der Waals surface area contributed by atoms with Crippen molar-refractivity contribution < 1.29 is 9.53 Å². The summed E-state index contributed by atoms with van der Waals surface area (Å²) in [4.78, 5) is 13.9. The minimum absolute atomic E-state index is 0.209. The summed E-state index contributed by atoms with van der Waals surface area (Å²) in [6.07, 6.45) is 2.68. The van der Waals surface area contributed by atoms with Gasteiger partial charge in [0.25, 0.3) is 0 Å². The molecule has 1 N–H and O–H groups in total. The molecule has 1 aromatic rings. The summed E-state index contributed by atoms with van der Waals surface area (Å²) in [5.74, 6) is 0. The molecule has 2 rings (SSSR count). The highest BCUT2D eigenvalue weighted by Gasteiger charge is 2.30. The minimum atomic E-state index is -0.446. The standard InChI is InChI=1S/C18H32N4O2/c1-12(2)22-14(4)16(10-19-22)13(3)20-15-8-9-21(11-15)17(23)24-18(5,6)7/h10,12-13,15,20H,8-9,11H2,1-7H3/t13-,15+/m1/s1. The topological polar surface area (TPSA) is 59.4 Å². The molecule has 0 saturated carbocycles. The van der Waals surface area contributed by atoms with Crippen molar-refractivity contribution in [1.82, 2.24) is 20.0 Å². The van der Waals surface area contributed by atoms with Gasteiger partial charge in [-0.2, -0.15) is 5.10 Å². The Bertz CT molecular complexity index is 574. The molecule has 2 atom stereocenters. The second kappa shape index (κ2) is 7.13. The molecule has 0 radical (unpaired) electrons. The molecule has 1 amide bonds. The molecule has 136 valence electrons. The van der Waals surface area contributed by atoms with E-state index in [4.69, 9.17) is 4.74 Å². The van der Waals surface area contributed by atoms with Gasteiger partial charge in [0.1, 0.15) is 5.60 Å². The molecule has 2 heterocycles. The fraction of sp³-hybridized carbons (Fsp3) is 0.778. The van der Waals surface area contributed by atoms with Gasteiger partial charge in [-0.05, 0) is 54.9 Å². The van der Waals surface area contributed by atoms with Crippen LogP contribution in [0.1, 0.15) is 71.3 Å². The number of nitrogens with one attached hydrogen (secondary N) is 1. The maximum atomic E-state index is 12.2. The second-order valence-electron chi connectivity index (χ2n) is 8.02. The predicted octanol–water partition coefficient (Wildman–Crippen LogP) is 3.43. The normalized spacial score (nSPS) is 19.8. The van der Waals surface area contributed by atoms with E-state index in [0.29, 0.717) is 12.6 Å². The lowest BCUT2D eigenvalue weighted by atomic mass is 10.1. The number of nitrogens with zero attached hydrogens (tertiary/aromatic N) is 3. The van der Waals surface area contributed by atoms with Crippen molar-refractivity contribution in [2.24, 2.45) is 0 Å². The molecular formula is C18H32N4O2. The van der Waals surface area contributed by atoms with Crippen molar-refractivity contribution in [3.05, 3.63) is 17.5 Å². The van der Waals surface area contributed by atoms with Crippen LogP contribution in [0.4, 0.5) is 4.79 Å². The molecule has 0 bridgehead atoms. The number of hydrogen-bond acceptors (Lipinski definition) is 4. The Morgan fingerprint density at radius 1 is 1.38 bits per heavy atom. The predicted molar refractivity (Wildman–Crippen MR) is 95.1 cm³/mol. The average Bonchev–Trinajstić information content (AvgIpc) is 3.03. The molecule has 0 aliphatic carbocycles. The van der Waals surface area contributed by atoms with Crippen LogP contribution in [0.3, 0.4) is 0 Å². The van der Waals surface area contributed by atoms with Crippen LogP contribution in [0.5, 0.6) is 0 Å². The molecule has 6 nitrogen and oxygen atoms in total. The third kappa shape index (κ3) is 4.50. The monoisotopic (exact) mass is 336 g/mol. The van der Waals surface area contributed by atoms with E-state index in [1.807, 2.05) is 27.0 Å². The summed E-state index contributed by atoms with van der Waals surface area (Å²) >= 11 is 0. The van der Waals surface area contributed by atoms with Crippen LogP contribution in [-0.4, -0.2) is 45.5 Å². The molecule has 24 heavy (non-hydrogen) atoms.